The number of anilines is 1. The molecule has 0 aromatic carbocycles. The number of alkyl halides is 3. The second kappa shape index (κ2) is 10.3. The van der Waals surface area contributed by atoms with Gasteiger partial charge in [-0.05, 0) is 38.5 Å². The summed E-state index contributed by atoms with van der Waals surface area (Å²) >= 11 is 0. The van der Waals surface area contributed by atoms with Crippen molar-refractivity contribution in [2.45, 2.75) is 45.1 Å². The van der Waals surface area contributed by atoms with Crippen LogP contribution in [0.3, 0.4) is 0 Å². The maximum atomic E-state index is 13.5. The lowest BCUT2D eigenvalue weighted by Gasteiger charge is -2.30. The monoisotopic (exact) mass is 548 g/mol. The van der Waals surface area contributed by atoms with Gasteiger partial charge in [-0.2, -0.15) is 18.3 Å². The fourth-order valence-corrected chi connectivity index (χ4v) is 4.47. The predicted octanol–water partition coefficient (Wildman–Crippen LogP) is 2.20. The van der Waals surface area contributed by atoms with Crippen LogP contribution < -0.4 is 15.0 Å². The summed E-state index contributed by atoms with van der Waals surface area (Å²) in [4.78, 5) is 36.5. The Hall–Kier alpha value is -4.04. The number of halogens is 3. The number of aryl methyl sites for hydroxylation is 1. The number of aromatic nitrogens is 4. The zero-order valence-electron chi connectivity index (χ0n) is 21.6. The fourth-order valence-electron chi connectivity index (χ4n) is 4.47. The zero-order valence-corrected chi connectivity index (χ0v) is 21.6. The highest BCUT2D eigenvalue weighted by Gasteiger charge is 2.47. The molecule has 4 heterocycles. The van der Waals surface area contributed by atoms with Crippen molar-refractivity contribution in [3.05, 3.63) is 53.1 Å². The molecular weight excluding hydrogens is 521 g/mol. The number of amides is 2. The lowest BCUT2D eigenvalue weighted by atomic mass is 9.96. The van der Waals surface area contributed by atoms with Gasteiger partial charge in [-0.25, -0.2) is 9.97 Å². The number of nitrogens with zero attached hydrogens (tertiary/aromatic N) is 5. The van der Waals surface area contributed by atoms with Gasteiger partial charge in [0.05, 0.1) is 54.2 Å². The lowest BCUT2D eigenvalue weighted by molar-refractivity contribution is -0.142. The Bertz CT molecular complexity index is 1420. The van der Waals surface area contributed by atoms with E-state index in [1.165, 1.54) is 36.7 Å². The topological polar surface area (TPSA) is 143 Å². The van der Waals surface area contributed by atoms with Gasteiger partial charge in [-0.15, -0.1) is 0 Å². The van der Waals surface area contributed by atoms with E-state index in [4.69, 9.17) is 14.8 Å². The molecule has 208 valence electrons. The molecule has 0 saturated heterocycles. The van der Waals surface area contributed by atoms with Gasteiger partial charge in [0.2, 0.25) is 5.88 Å². The molecule has 1 aliphatic heterocycles. The maximum absolute atomic E-state index is 13.5. The number of nitrogens with one attached hydrogen (secondary N) is 1. The quantitative estimate of drug-likeness (QED) is 0.389. The summed E-state index contributed by atoms with van der Waals surface area (Å²) in [5, 5.41) is 24.8. The SMILES string of the molecule is COc1ncc(-c2cc(C)c3c(n2)C(C)(C)N(c2cnn(CC(F)(F)F)c2)C3=O)cc1C(=O)NC[C@@H](O)CO. The van der Waals surface area contributed by atoms with E-state index < -0.39 is 42.8 Å². The summed E-state index contributed by atoms with van der Waals surface area (Å²) in [6.45, 7) is 3.17. The molecule has 0 unspecified atom stereocenters. The molecule has 1 atom stereocenters. The summed E-state index contributed by atoms with van der Waals surface area (Å²) in [5.41, 5.74) is 1.36. The van der Waals surface area contributed by atoms with Gasteiger partial charge in [0, 0.05) is 24.5 Å². The molecule has 14 heteroatoms. The van der Waals surface area contributed by atoms with E-state index in [-0.39, 0.29) is 23.7 Å². The van der Waals surface area contributed by atoms with E-state index in [1.807, 2.05) is 0 Å². The van der Waals surface area contributed by atoms with Gasteiger partial charge in [-0.3, -0.25) is 19.2 Å². The molecule has 0 fully saturated rings. The zero-order chi connectivity index (χ0) is 28.7. The van der Waals surface area contributed by atoms with Crippen molar-refractivity contribution in [3.63, 3.8) is 0 Å². The number of carbonyl (C=O) groups is 2. The second-order valence-corrected chi connectivity index (χ2v) is 9.59. The molecule has 0 bridgehead atoms. The number of methoxy groups -OCH3 is 1. The molecule has 0 saturated carbocycles. The van der Waals surface area contributed by atoms with Crippen LogP contribution in [0.25, 0.3) is 11.3 Å². The number of carbonyl (C=O) groups excluding carboxylic acids is 2. The molecule has 39 heavy (non-hydrogen) atoms. The summed E-state index contributed by atoms with van der Waals surface area (Å²) < 4.78 is 44.4. The molecular formula is C25H27F3N6O5. The third kappa shape index (κ3) is 5.43. The highest BCUT2D eigenvalue weighted by atomic mass is 19.4. The third-order valence-corrected chi connectivity index (χ3v) is 6.29. The minimum atomic E-state index is -4.47. The lowest BCUT2D eigenvalue weighted by Crippen LogP contribution is -2.39. The molecule has 3 aromatic rings. The van der Waals surface area contributed by atoms with Crippen molar-refractivity contribution >= 4 is 17.5 Å². The Morgan fingerprint density at radius 2 is 1.97 bits per heavy atom. The van der Waals surface area contributed by atoms with Crippen LogP contribution in [-0.4, -0.2) is 74.3 Å². The number of fused-ring (bicyclic) bond motifs is 1. The van der Waals surface area contributed by atoms with E-state index in [9.17, 15) is 27.9 Å². The first-order valence-electron chi connectivity index (χ1n) is 11.8. The van der Waals surface area contributed by atoms with Crippen molar-refractivity contribution in [1.82, 2.24) is 25.1 Å². The Kier molecular flexibility index (Phi) is 7.36. The minimum Gasteiger partial charge on any atom is -0.480 e. The van der Waals surface area contributed by atoms with Gasteiger partial charge < -0.3 is 20.3 Å². The molecule has 3 N–H and O–H groups in total. The molecule has 2 amide bonds. The molecule has 11 nitrogen and oxygen atoms in total. The summed E-state index contributed by atoms with van der Waals surface area (Å²) in [6.07, 6.45) is -1.78. The first-order chi connectivity index (χ1) is 18.3. The number of aliphatic hydroxyl groups is 2. The van der Waals surface area contributed by atoms with Crippen molar-refractivity contribution in [2.24, 2.45) is 0 Å². The van der Waals surface area contributed by atoms with Crippen LogP contribution in [0.4, 0.5) is 18.9 Å². The van der Waals surface area contributed by atoms with Gasteiger partial charge >= 0.3 is 6.18 Å². The molecule has 0 radical (unpaired) electrons. The van der Waals surface area contributed by atoms with Gasteiger partial charge in [-0.1, -0.05) is 0 Å². The van der Waals surface area contributed by atoms with Crippen LogP contribution >= 0.6 is 0 Å². The standard InChI is InChI=1S/C25H27F3N6O5/c1-13-5-18(14-6-17(22(39-4)30-7-14)21(37)29-9-16(36)11-35)32-20-19(13)23(38)34(24(20,2)3)15-8-31-33(10-15)12-25(26,27)28/h5-8,10,16,35-36H,9,11-12H2,1-4H3,(H,29,37)/t16-/m1/s1. The average Bonchev–Trinajstić information content (AvgIpc) is 3.39. The molecule has 4 rings (SSSR count). The highest BCUT2D eigenvalue weighted by molar-refractivity contribution is 6.12. The van der Waals surface area contributed by atoms with Crippen LogP contribution in [0.5, 0.6) is 5.88 Å². The smallest absolute Gasteiger partial charge is 0.408 e. The summed E-state index contributed by atoms with van der Waals surface area (Å²) in [6, 6.07) is 3.16. The van der Waals surface area contributed by atoms with Crippen LogP contribution in [0.2, 0.25) is 0 Å². The van der Waals surface area contributed by atoms with E-state index in [0.29, 0.717) is 28.1 Å². The fraction of sp³-hybridized carbons (Fsp3) is 0.400. The minimum absolute atomic E-state index is 0.0326. The van der Waals surface area contributed by atoms with Gasteiger partial charge in [0.25, 0.3) is 11.8 Å². The van der Waals surface area contributed by atoms with Crippen molar-refractivity contribution in [3.8, 4) is 17.1 Å². The van der Waals surface area contributed by atoms with Crippen molar-refractivity contribution in [2.75, 3.05) is 25.2 Å². The number of hydrogen-bond donors (Lipinski definition) is 3. The van der Waals surface area contributed by atoms with Crippen molar-refractivity contribution in [1.29, 1.82) is 0 Å². The number of aliphatic hydroxyl groups excluding tert-OH is 2. The van der Waals surface area contributed by atoms with Crippen LogP contribution in [0, 0.1) is 6.92 Å². The van der Waals surface area contributed by atoms with Crippen molar-refractivity contribution < 1.29 is 37.7 Å². The Balaban J connectivity index is 1.71. The van der Waals surface area contributed by atoms with E-state index in [2.05, 4.69) is 15.4 Å². The van der Waals surface area contributed by atoms with E-state index in [1.54, 1.807) is 26.8 Å². The Labute approximate surface area is 221 Å². The molecule has 0 aliphatic carbocycles. The summed E-state index contributed by atoms with van der Waals surface area (Å²) in [5.74, 6) is -0.984. The van der Waals surface area contributed by atoms with Crippen LogP contribution in [-0.2, 0) is 12.1 Å². The normalized spacial score (nSPS) is 15.3. The highest BCUT2D eigenvalue weighted by Crippen LogP contribution is 2.43. The first-order valence-corrected chi connectivity index (χ1v) is 11.8. The number of ether oxygens (including phenoxy) is 1. The van der Waals surface area contributed by atoms with Gasteiger partial charge in [0.1, 0.15) is 12.1 Å². The Morgan fingerprint density at radius 1 is 1.26 bits per heavy atom. The largest absolute Gasteiger partial charge is 0.480 e. The number of pyridine rings is 2. The summed E-state index contributed by atoms with van der Waals surface area (Å²) in [7, 11) is 1.35. The maximum Gasteiger partial charge on any atom is 0.408 e. The molecule has 3 aromatic heterocycles. The number of rotatable bonds is 8. The second-order valence-electron chi connectivity index (χ2n) is 9.59. The average molecular weight is 549 g/mol. The van der Waals surface area contributed by atoms with Crippen LogP contribution in [0.15, 0.2) is 30.7 Å². The predicted molar refractivity (Wildman–Crippen MR) is 132 cm³/mol. The molecule has 1 aliphatic rings. The first kappa shape index (κ1) is 28.0. The van der Waals surface area contributed by atoms with Gasteiger partial charge in [0.15, 0.2) is 0 Å². The number of hydrogen-bond acceptors (Lipinski definition) is 8. The third-order valence-electron chi connectivity index (χ3n) is 6.29. The van der Waals surface area contributed by atoms with Crippen LogP contribution in [0.1, 0.15) is 45.8 Å². The van der Waals surface area contributed by atoms with E-state index >= 15 is 0 Å². The molecule has 0 spiro atoms. The van der Waals surface area contributed by atoms with E-state index in [0.717, 1.165) is 4.68 Å². The Morgan fingerprint density at radius 3 is 2.62 bits per heavy atom.